The Bertz CT molecular complexity index is 267. The summed E-state index contributed by atoms with van der Waals surface area (Å²) in [7, 11) is 0. The van der Waals surface area contributed by atoms with E-state index < -0.39 is 5.92 Å². The highest BCUT2D eigenvalue weighted by Crippen LogP contribution is 2.23. The molecule has 0 heterocycles. The van der Waals surface area contributed by atoms with Crippen LogP contribution in [0.5, 0.6) is 0 Å². The smallest absolute Gasteiger partial charge is 0.319 e. The zero-order valence-corrected chi connectivity index (χ0v) is 14.4. The number of esters is 1. The molecule has 1 unspecified atom stereocenters. The number of alkyl halides is 2. The van der Waals surface area contributed by atoms with Gasteiger partial charge in [0.25, 0.3) is 0 Å². The van der Waals surface area contributed by atoms with Gasteiger partial charge in [-0.25, -0.2) is 8.78 Å². The number of ether oxygens (including phenoxy) is 1. The summed E-state index contributed by atoms with van der Waals surface area (Å²) in [5.74, 6) is -1.84. The van der Waals surface area contributed by atoms with Gasteiger partial charge in [-0.3, -0.25) is 4.79 Å². The monoisotopic (exact) mass is 324 g/mol. The standard InChI is InChI=1S/C16H30F2O2S/c1-4-6-8-11-14(15(19)20-5-2)21-13-10-7-9-12-16(3,17)18/h14H,4-13H2,1-3H3. The molecule has 2 nitrogen and oxygen atoms in total. The maximum absolute atomic E-state index is 12.7. The van der Waals surface area contributed by atoms with Crippen LogP contribution in [0.3, 0.4) is 0 Å². The van der Waals surface area contributed by atoms with E-state index in [-0.39, 0.29) is 17.6 Å². The average Bonchev–Trinajstić information content (AvgIpc) is 2.39. The molecule has 0 spiro atoms. The van der Waals surface area contributed by atoms with Gasteiger partial charge in [0.15, 0.2) is 0 Å². The highest BCUT2D eigenvalue weighted by atomic mass is 32.2. The number of halogens is 2. The highest BCUT2D eigenvalue weighted by molar-refractivity contribution is 8.00. The topological polar surface area (TPSA) is 26.3 Å². The van der Waals surface area contributed by atoms with E-state index in [1.165, 1.54) is 0 Å². The number of hydrogen-bond acceptors (Lipinski definition) is 3. The Hall–Kier alpha value is -0.320. The largest absolute Gasteiger partial charge is 0.465 e. The van der Waals surface area contributed by atoms with Crippen molar-refractivity contribution in [2.24, 2.45) is 0 Å². The molecule has 0 N–H and O–H groups in total. The van der Waals surface area contributed by atoms with Crippen LogP contribution in [-0.4, -0.2) is 29.5 Å². The van der Waals surface area contributed by atoms with Crippen LogP contribution < -0.4 is 0 Å². The first-order valence-electron chi connectivity index (χ1n) is 8.06. The van der Waals surface area contributed by atoms with Crippen LogP contribution in [0.4, 0.5) is 8.78 Å². The van der Waals surface area contributed by atoms with E-state index in [4.69, 9.17) is 4.74 Å². The Morgan fingerprint density at radius 2 is 1.86 bits per heavy atom. The lowest BCUT2D eigenvalue weighted by atomic mass is 10.1. The number of thioether (sulfide) groups is 1. The van der Waals surface area contributed by atoms with Crippen LogP contribution in [0.1, 0.15) is 72.1 Å². The molecule has 0 aliphatic rings. The fraction of sp³-hybridized carbons (Fsp3) is 0.938. The van der Waals surface area contributed by atoms with Gasteiger partial charge >= 0.3 is 5.97 Å². The maximum atomic E-state index is 12.7. The fourth-order valence-corrected chi connectivity index (χ4v) is 3.22. The lowest BCUT2D eigenvalue weighted by Crippen LogP contribution is -2.21. The molecule has 21 heavy (non-hydrogen) atoms. The molecule has 0 saturated heterocycles. The van der Waals surface area contributed by atoms with Crippen molar-refractivity contribution in [2.45, 2.75) is 83.3 Å². The Morgan fingerprint density at radius 3 is 2.43 bits per heavy atom. The summed E-state index contributed by atoms with van der Waals surface area (Å²) in [6, 6.07) is 0. The van der Waals surface area contributed by atoms with Crippen molar-refractivity contribution >= 4 is 17.7 Å². The van der Waals surface area contributed by atoms with Gasteiger partial charge in [-0.2, -0.15) is 0 Å². The highest BCUT2D eigenvalue weighted by Gasteiger charge is 2.21. The number of hydrogen-bond donors (Lipinski definition) is 0. The molecule has 1 atom stereocenters. The molecule has 126 valence electrons. The summed E-state index contributed by atoms with van der Waals surface area (Å²) < 4.78 is 30.4. The van der Waals surface area contributed by atoms with E-state index in [1.54, 1.807) is 11.8 Å². The summed E-state index contributed by atoms with van der Waals surface area (Å²) in [6.07, 6.45) is 6.32. The predicted octanol–water partition coefficient (Wildman–Crippen LogP) is 5.45. The van der Waals surface area contributed by atoms with Crippen molar-refractivity contribution in [1.29, 1.82) is 0 Å². The minimum atomic E-state index is -2.55. The third kappa shape index (κ3) is 13.1. The number of unbranched alkanes of at least 4 members (excludes halogenated alkanes) is 4. The Balaban J connectivity index is 3.86. The normalized spacial score (nSPS) is 13.2. The summed E-state index contributed by atoms with van der Waals surface area (Å²) in [6.45, 7) is 5.33. The third-order valence-electron chi connectivity index (χ3n) is 3.20. The molecule has 5 heteroatoms. The zero-order chi connectivity index (χ0) is 16.1. The van der Waals surface area contributed by atoms with Crippen molar-refractivity contribution in [3.63, 3.8) is 0 Å². The number of carbonyl (C=O) groups is 1. The Kier molecular flexibility index (Phi) is 12.1. The second-order valence-electron chi connectivity index (χ2n) is 5.49. The van der Waals surface area contributed by atoms with E-state index in [0.717, 1.165) is 51.2 Å². The van der Waals surface area contributed by atoms with Gasteiger partial charge in [0.2, 0.25) is 5.92 Å². The van der Waals surface area contributed by atoms with Crippen LogP contribution >= 0.6 is 11.8 Å². The Morgan fingerprint density at radius 1 is 1.14 bits per heavy atom. The molecule has 0 radical (unpaired) electrons. The Labute approximate surface area is 132 Å². The van der Waals surface area contributed by atoms with Gasteiger partial charge in [-0.1, -0.05) is 32.6 Å². The van der Waals surface area contributed by atoms with Crippen molar-refractivity contribution < 1.29 is 18.3 Å². The molecule has 0 aliphatic heterocycles. The molecular formula is C16H30F2O2S. The molecule has 0 bridgehead atoms. The van der Waals surface area contributed by atoms with E-state index in [9.17, 15) is 13.6 Å². The second kappa shape index (κ2) is 12.2. The zero-order valence-electron chi connectivity index (χ0n) is 13.6. The molecule has 0 fully saturated rings. The van der Waals surface area contributed by atoms with Gasteiger partial charge in [-0.05, 0) is 38.9 Å². The van der Waals surface area contributed by atoms with Crippen molar-refractivity contribution in [3.8, 4) is 0 Å². The van der Waals surface area contributed by atoms with Gasteiger partial charge in [-0.15, -0.1) is 11.8 Å². The molecule has 0 aromatic carbocycles. The van der Waals surface area contributed by atoms with Crippen LogP contribution in [0.2, 0.25) is 0 Å². The van der Waals surface area contributed by atoms with Crippen molar-refractivity contribution in [1.82, 2.24) is 0 Å². The van der Waals surface area contributed by atoms with Gasteiger partial charge in [0.1, 0.15) is 5.25 Å². The molecule has 0 aromatic rings. The summed E-state index contributed by atoms with van der Waals surface area (Å²) in [5.41, 5.74) is 0. The first kappa shape index (κ1) is 20.7. The van der Waals surface area contributed by atoms with Crippen LogP contribution in [0, 0.1) is 0 Å². The van der Waals surface area contributed by atoms with E-state index >= 15 is 0 Å². The van der Waals surface area contributed by atoms with Gasteiger partial charge < -0.3 is 4.74 Å². The fourth-order valence-electron chi connectivity index (χ4n) is 2.02. The lowest BCUT2D eigenvalue weighted by Gasteiger charge is -2.15. The van der Waals surface area contributed by atoms with E-state index in [1.807, 2.05) is 6.92 Å². The quantitative estimate of drug-likeness (QED) is 0.333. The average molecular weight is 324 g/mol. The molecule has 0 aliphatic carbocycles. The molecule has 0 aromatic heterocycles. The minimum absolute atomic E-state index is 0.0462. The SMILES string of the molecule is CCCCCC(SCCCCCC(C)(F)F)C(=O)OCC. The maximum Gasteiger partial charge on any atom is 0.319 e. The molecule has 0 rings (SSSR count). The van der Waals surface area contributed by atoms with E-state index in [0.29, 0.717) is 13.0 Å². The summed E-state index contributed by atoms with van der Waals surface area (Å²) in [4.78, 5) is 11.8. The third-order valence-corrected chi connectivity index (χ3v) is 4.55. The first-order valence-corrected chi connectivity index (χ1v) is 9.11. The minimum Gasteiger partial charge on any atom is -0.465 e. The molecule has 0 amide bonds. The number of carbonyl (C=O) groups excluding carboxylic acids is 1. The van der Waals surface area contributed by atoms with Crippen LogP contribution in [0.15, 0.2) is 0 Å². The van der Waals surface area contributed by atoms with Crippen LogP contribution in [0.25, 0.3) is 0 Å². The predicted molar refractivity (Wildman–Crippen MR) is 86.1 cm³/mol. The second-order valence-corrected chi connectivity index (χ2v) is 6.80. The molecular weight excluding hydrogens is 294 g/mol. The first-order chi connectivity index (χ1) is 9.90. The number of rotatable bonds is 13. The summed E-state index contributed by atoms with van der Waals surface area (Å²) in [5, 5.41) is -0.0934. The van der Waals surface area contributed by atoms with Crippen molar-refractivity contribution in [2.75, 3.05) is 12.4 Å². The van der Waals surface area contributed by atoms with E-state index in [2.05, 4.69) is 6.92 Å². The van der Waals surface area contributed by atoms with Crippen molar-refractivity contribution in [3.05, 3.63) is 0 Å². The molecule has 0 saturated carbocycles. The summed E-state index contributed by atoms with van der Waals surface area (Å²) >= 11 is 1.62. The van der Waals surface area contributed by atoms with Gasteiger partial charge in [0.05, 0.1) is 6.61 Å². The van der Waals surface area contributed by atoms with Crippen LogP contribution in [-0.2, 0) is 9.53 Å². The lowest BCUT2D eigenvalue weighted by molar-refractivity contribution is -0.142. The van der Waals surface area contributed by atoms with Gasteiger partial charge in [0, 0.05) is 6.42 Å².